The van der Waals surface area contributed by atoms with Crippen LogP contribution in [0.15, 0.2) is 48.9 Å². The molecular weight excluding hydrogens is 474 g/mol. The van der Waals surface area contributed by atoms with Crippen molar-refractivity contribution in [1.82, 2.24) is 24.8 Å². The molecule has 188 valence electrons. The number of ether oxygens (including phenoxy) is 2. The van der Waals surface area contributed by atoms with Gasteiger partial charge in [0, 0.05) is 37.1 Å². The van der Waals surface area contributed by atoms with Crippen molar-refractivity contribution in [2.45, 2.75) is 19.9 Å². The van der Waals surface area contributed by atoms with Gasteiger partial charge in [0.1, 0.15) is 29.9 Å². The Bertz CT molecular complexity index is 1490. The number of pyridine rings is 2. The number of piperazine rings is 1. The third kappa shape index (κ3) is 4.39. The maximum Gasteiger partial charge on any atom is 0.407 e. The van der Waals surface area contributed by atoms with Crippen LogP contribution in [0.1, 0.15) is 11.3 Å². The number of hydrogen-bond donors (Lipinski definition) is 2. The number of fused-ring (bicyclic) bond motifs is 5. The van der Waals surface area contributed by atoms with E-state index in [1.54, 1.807) is 6.20 Å². The molecule has 1 saturated heterocycles. The summed E-state index contributed by atoms with van der Waals surface area (Å²) in [7, 11) is 0. The summed E-state index contributed by atoms with van der Waals surface area (Å²) in [6, 6.07) is 11.2. The Morgan fingerprint density at radius 2 is 2.03 bits per heavy atom. The quantitative estimate of drug-likeness (QED) is 0.423. The molecule has 5 heterocycles. The molecular formula is C26H25N7O4. The number of rotatable bonds is 4. The highest BCUT2D eigenvalue weighted by Gasteiger charge is 2.35. The van der Waals surface area contributed by atoms with Gasteiger partial charge in [0.2, 0.25) is 0 Å². The van der Waals surface area contributed by atoms with Gasteiger partial charge in [-0.15, -0.1) is 0 Å². The van der Waals surface area contributed by atoms with Gasteiger partial charge < -0.3 is 24.8 Å². The zero-order chi connectivity index (χ0) is 25.5. The van der Waals surface area contributed by atoms with Gasteiger partial charge in [-0.05, 0) is 49.7 Å². The number of carboxylic acid groups (broad SMARTS) is 1. The van der Waals surface area contributed by atoms with Gasteiger partial charge in [-0.25, -0.2) is 19.7 Å². The van der Waals surface area contributed by atoms with Crippen LogP contribution < -0.4 is 19.7 Å². The van der Waals surface area contributed by atoms with Crippen LogP contribution >= 0.6 is 0 Å². The molecule has 0 saturated carbocycles. The van der Waals surface area contributed by atoms with Crippen molar-refractivity contribution in [1.29, 1.82) is 0 Å². The number of nitrogens with zero attached hydrogens (tertiary/aromatic N) is 6. The number of amides is 1. The van der Waals surface area contributed by atoms with E-state index in [9.17, 15) is 9.90 Å². The number of nitrogens with one attached hydrogen (secondary N) is 1. The molecule has 2 N–H and O–H groups in total. The third-order valence-corrected chi connectivity index (χ3v) is 6.57. The maximum atomic E-state index is 11.6. The van der Waals surface area contributed by atoms with Crippen molar-refractivity contribution >= 4 is 34.4 Å². The fourth-order valence-corrected chi connectivity index (χ4v) is 4.63. The van der Waals surface area contributed by atoms with Crippen molar-refractivity contribution in [2.24, 2.45) is 0 Å². The number of aryl methyl sites for hydroxylation is 2. The minimum absolute atomic E-state index is 0.258. The summed E-state index contributed by atoms with van der Waals surface area (Å²) in [6.45, 7) is 5.62. The molecule has 4 aromatic rings. The van der Waals surface area contributed by atoms with Gasteiger partial charge in [-0.1, -0.05) is 0 Å². The van der Waals surface area contributed by atoms with Crippen LogP contribution in [0.3, 0.4) is 0 Å². The Balaban J connectivity index is 1.28. The molecule has 0 unspecified atom stereocenters. The summed E-state index contributed by atoms with van der Waals surface area (Å²) < 4.78 is 12.0. The second kappa shape index (κ2) is 9.08. The molecule has 1 fully saturated rings. The maximum absolute atomic E-state index is 11.6. The van der Waals surface area contributed by atoms with Crippen molar-refractivity contribution in [3.05, 3.63) is 60.2 Å². The molecule has 1 aromatic carbocycles. The van der Waals surface area contributed by atoms with Crippen molar-refractivity contribution in [3.63, 3.8) is 0 Å². The molecule has 6 rings (SSSR count). The number of hydrogen-bond acceptors (Lipinski definition) is 9. The largest absolute Gasteiger partial charge is 0.487 e. The van der Waals surface area contributed by atoms with Gasteiger partial charge in [0.25, 0.3) is 0 Å². The first kappa shape index (κ1) is 22.8. The van der Waals surface area contributed by atoms with E-state index >= 15 is 0 Å². The summed E-state index contributed by atoms with van der Waals surface area (Å²) in [4.78, 5) is 33.1. The van der Waals surface area contributed by atoms with Gasteiger partial charge in [0.15, 0.2) is 17.4 Å². The first-order valence-electron chi connectivity index (χ1n) is 12.0. The molecule has 1 amide bonds. The first-order chi connectivity index (χ1) is 17.9. The lowest BCUT2D eigenvalue weighted by atomic mass is 10.2. The standard InChI is InChI=1S/C26H25N7O4/c1-15-9-17(4-6-21(15)37-19-5-3-16(2)27-11-19)30-24-23-20(28-14-29-24)10-22-25(31-23)32-7-8-33(26(34)35)18(12-32)13-36-22/h3-6,9-11,14,18H,7-8,12-13H2,1-2H3,(H,34,35)(H,28,29,30)/t18-/m0/s1. The highest BCUT2D eigenvalue weighted by atomic mass is 16.5. The van der Waals surface area contributed by atoms with Crippen LogP contribution in [0.4, 0.5) is 22.1 Å². The van der Waals surface area contributed by atoms with Gasteiger partial charge in [-0.3, -0.25) is 9.88 Å². The topological polar surface area (TPSA) is 126 Å². The minimum Gasteiger partial charge on any atom is -0.487 e. The van der Waals surface area contributed by atoms with Crippen LogP contribution in [0.5, 0.6) is 17.2 Å². The Labute approximate surface area is 212 Å². The van der Waals surface area contributed by atoms with Gasteiger partial charge in [0.05, 0.1) is 17.8 Å². The fraction of sp³-hybridized carbons (Fsp3) is 0.269. The average molecular weight is 500 g/mol. The molecule has 11 heteroatoms. The summed E-state index contributed by atoms with van der Waals surface area (Å²) in [5.41, 5.74) is 3.94. The normalized spacial score (nSPS) is 16.5. The molecule has 0 radical (unpaired) electrons. The average Bonchev–Trinajstić information content (AvgIpc) is 3.02. The second-order valence-corrected chi connectivity index (χ2v) is 9.13. The van der Waals surface area contributed by atoms with E-state index in [-0.39, 0.29) is 12.6 Å². The Morgan fingerprint density at radius 1 is 1.14 bits per heavy atom. The van der Waals surface area contributed by atoms with E-state index in [0.717, 1.165) is 22.7 Å². The minimum atomic E-state index is -0.933. The molecule has 37 heavy (non-hydrogen) atoms. The summed E-state index contributed by atoms with van der Waals surface area (Å²) in [5, 5.41) is 12.9. The molecule has 3 aromatic heterocycles. The van der Waals surface area contributed by atoms with Crippen molar-refractivity contribution in [2.75, 3.05) is 36.5 Å². The molecule has 2 bridgehead atoms. The first-order valence-corrected chi connectivity index (χ1v) is 12.0. The van der Waals surface area contributed by atoms with Gasteiger partial charge in [-0.2, -0.15) is 0 Å². The van der Waals surface area contributed by atoms with E-state index in [2.05, 4.69) is 25.2 Å². The number of benzene rings is 1. The Morgan fingerprint density at radius 3 is 2.81 bits per heavy atom. The molecule has 2 aliphatic rings. The van der Waals surface area contributed by atoms with E-state index in [4.69, 9.17) is 14.5 Å². The van der Waals surface area contributed by atoms with Crippen LogP contribution in [0, 0.1) is 13.8 Å². The predicted molar refractivity (Wildman–Crippen MR) is 137 cm³/mol. The highest BCUT2D eigenvalue weighted by Crippen LogP contribution is 2.36. The predicted octanol–water partition coefficient (Wildman–Crippen LogP) is 4.13. The second-order valence-electron chi connectivity index (χ2n) is 9.13. The van der Waals surface area contributed by atoms with E-state index in [1.165, 1.54) is 11.2 Å². The summed E-state index contributed by atoms with van der Waals surface area (Å²) in [6.07, 6.45) is 2.25. The van der Waals surface area contributed by atoms with Crippen LogP contribution in [-0.4, -0.2) is 68.3 Å². The number of aromatic nitrogens is 4. The lowest BCUT2D eigenvalue weighted by molar-refractivity contribution is 0.101. The number of anilines is 3. The Kier molecular flexibility index (Phi) is 5.59. The molecule has 11 nitrogen and oxygen atoms in total. The zero-order valence-electron chi connectivity index (χ0n) is 20.4. The monoisotopic (exact) mass is 499 g/mol. The molecule has 0 aliphatic carbocycles. The van der Waals surface area contributed by atoms with Crippen molar-refractivity contribution in [3.8, 4) is 17.2 Å². The lowest BCUT2D eigenvalue weighted by Gasteiger charge is -2.37. The zero-order valence-corrected chi connectivity index (χ0v) is 20.4. The van der Waals surface area contributed by atoms with Gasteiger partial charge >= 0.3 is 6.09 Å². The third-order valence-electron chi connectivity index (χ3n) is 6.57. The molecule has 0 spiro atoms. The van der Waals surface area contributed by atoms with Crippen molar-refractivity contribution < 1.29 is 19.4 Å². The SMILES string of the molecule is Cc1ccc(Oc2ccc(Nc3ncnc4cc5c(nc34)N3CCN(C(=O)O)[C@H](CO5)C3)cc2C)cn1. The lowest BCUT2D eigenvalue weighted by Crippen LogP contribution is -2.56. The fourth-order valence-electron chi connectivity index (χ4n) is 4.63. The molecule has 1 atom stereocenters. The summed E-state index contributed by atoms with van der Waals surface area (Å²) >= 11 is 0. The van der Waals surface area contributed by atoms with Crippen LogP contribution in [0.2, 0.25) is 0 Å². The summed E-state index contributed by atoms with van der Waals surface area (Å²) in [5.74, 6) is 3.24. The smallest absolute Gasteiger partial charge is 0.407 e. The number of carbonyl (C=O) groups is 1. The molecule has 2 aliphatic heterocycles. The van der Waals surface area contributed by atoms with Crippen LogP contribution in [0.25, 0.3) is 11.0 Å². The van der Waals surface area contributed by atoms with Crippen LogP contribution in [-0.2, 0) is 0 Å². The highest BCUT2D eigenvalue weighted by molar-refractivity contribution is 5.90. The van der Waals surface area contributed by atoms with E-state index < -0.39 is 6.09 Å². The Hall–Kier alpha value is -4.67. The van der Waals surface area contributed by atoms with E-state index in [0.29, 0.717) is 53.8 Å². The van der Waals surface area contributed by atoms with E-state index in [1.807, 2.05) is 50.2 Å².